The van der Waals surface area contributed by atoms with Crippen molar-refractivity contribution in [2.75, 3.05) is 6.61 Å². The number of nitrogens with two attached hydrogens (primary N) is 1. The lowest BCUT2D eigenvalue weighted by atomic mass is 10.0. The van der Waals surface area contributed by atoms with Crippen LogP contribution in [0.1, 0.15) is 33.6 Å². The van der Waals surface area contributed by atoms with E-state index in [0.717, 1.165) is 6.92 Å². The Bertz CT molecular complexity index is 639. The fourth-order valence-electron chi connectivity index (χ4n) is 2.21. The summed E-state index contributed by atoms with van der Waals surface area (Å²) in [6.45, 7) is 3.68. The number of carboxylic acid groups (broad SMARTS) is 2. The third kappa shape index (κ3) is 9.15. The van der Waals surface area contributed by atoms with Gasteiger partial charge in [0.2, 0.25) is 17.7 Å². The molecule has 9 N–H and O–H groups in total. The molecule has 0 radical (unpaired) electrons. The molecular weight excluding hydrogens is 404 g/mol. The van der Waals surface area contributed by atoms with E-state index in [9.17, 15) is 34.2 Å². The number of aliphatic carboxylic acids is 2. The summed E-state index contributed by atoms with van der Waals surface area (Å²) >= 11 is 0. The molecule has 0 aromatic heterocycles. The predicted molar refractivity (Wildman–Crippen MR) is 102 cm³/mol. The van der Waals surface area contributed by atoms with Crippen LogP contribution in [0.2, 0.25) is 0 Å². The Morgan fingerprint density at radius 1 is 0.867 bits per heavy atom. The smallest absolute Gasteiger partial charge is 0.326 e. The van der Waals surface area contributed by atoms with E-state index in [-0.39, 0.29) is 5.92 Å². The van der Waals surface area contributed by atoms with Gasteiger partial charge >= 0.3 is 11.9 Å². The lowest BCUT2D eigenvalue weighted by Gasteiger charge is -2.26. The fraction of sp³-hybridized carbons (Fsp3) is 0.706. The van der Waals surface area contributed by atoms with Crippen molar-refractivity contribution in [2.45, 2.75) is 63.9 Å². The number of carbonyl (C=O) groups excluding carboxylic acids is 3. The van der Waals surface area contributed by atoms with Gasteiger partial charge in [0.1, 0.15) is 18.1 Å². The number of nitrogens with one attached hydrogen (secondary N) is 3. The number of carbonyl (C=O) groups is 5. The summed E-state index contributed by atoms with van der Waals surface area (Å²) in [5, 5.41) is 43.4. The Morgan fingerprint density at radius 2 is 1.40 bits per heavy atom. The highest BCUT2D eigenvalue weighted by molar-refractivity contribution is 5.94. The van der Waals surface area contributed by atoms with Crippen LogP contribution in [0.25, 0.3) is 0 Å². The van der Waals surface area contributed by atoms with E-state index in [2.05, 4.69) is 10.6 Å². The SMILES string of the molecule is CC(C)C(N)C(=O)NC(CO)C(=O)NC(C(=O)NC(CCC(=O)O)C(=O)O)C(C)O. The summed E-state index contributed by atoms with van der Waals surface area (Å²) in [7, 11) is 0. The van der Waals surface area contributed by atoms with Gasteiger partial charge in [-0.2, -0.15) is 0 Å². The van der Waals surface area contributed by atoms with Crippen molar-refractivity contribution >= 4 is 29.7 Å². The van der Waals surface area contributed by atoms with Crippen molar-refractivity contribution in [1.29, 1.82) is 0 Å². The standard InChI is InChI=1S/C17H30N4O9/c1-7(2)12(18)15(27)20-10(6-22)14(26)21-13(8(3)23)16(28)19-9(17(29)30)4-5-11(24)25/h7-10,12-13,22-23H,4-6,18H2,1-3H3,(H,19,28)(H,20,27)(H,21,26)(H,24,25)(H,29,30). The van der Waals surface area contributed by atoms with Crippen LogP contribution in [0, 0.1) is 5.92 Å². The monoisotopic (exact) mass is 434 g/mol. The summed E-state index contributed by atoms with van der Waals surface area (Å²) in [6.07, 6.45) is -2.42. The van der Waals surface area contributed by atoms with Crippen molar-refractivity contribution in [3.8, 4) is 0 Å². The number of aliphatic hydroxyl groups excluding tert-OH is 2. The summed E-state index contributed by atoms with van der Waals surface area (Å²) in [6, 6.07) is -5.62. The Morgan fingerprint density at radius 3 is 1.80 bits per heavy atom. The van der Waals surface area contributed by atoms with Gasteiger partial charge < -0.3 is 42.1 Å². The Labute approximate surface area is 173 Å². The highest BCUT2D eigenvalue weighted by Crippen LogP contribution is 2.03. The van der Waals surface area contributed by atoms with Crippen molar-refractivity contribution in [3.63, 3.8) is 0 Å². The maximum atomic E-state index is 12.3. The number of carboxylic acids is 2. The molecule has 172 valence electrons. The van der Waals surface area contributed by atoms with Crippen LogP contribution < -0.4 is 21.7 Å². The maximum absolute atomic E-state index is 12.3. The second-order valence-corrected chi connectivity index (χ2v) is 7.07. The second-order valence-electron chi connectivity index (χ2n) is 7.07. The summed E-state index contributed by atoms with van der Waals surface area (Å²) < 4.78 is 0. The molecule has 0 bridgehead atoms. The minimum atomic E-state index is -1.63. The quantitative estimate of drug-likeness (QED) is 0.144. The minimum absolute atomic E-state index is 0.248. The molecule has 13 nitrogen and oxygen atoms in total. The number of hydrogen-bond donors (Lipinski definition) is 8. The molecule has 3 amide bonds. The third-order valence-electron chi connectivity index (χ3n) is 4.16. The van der Waals surface area contributed by atoms with Crippen molar-refractivity contribution in [3.05, 3.63) is 0 Å². The maximum Gasteiger partial charge on any atom is 0.326 e. The second kappa shape index (κ2) is 12.7. The third-order valence-corrected chi connectivity index (χ3v) is 4.16. The first-order valence-corrected chi connectivity index (χ1v) is 9.22. The topological polar surface area (TPSA) is 228 Å². The van der Waals surface area contributed by atoms with E-state index in [0.29, 0.717) is 0 Å². The molecule has 5 atom stereocenters. The normalized spacial score (nSPS) is 16.0. The van der Waals surface area contributed by atoms with Gasteiger partial charge in [-0.15, -0.1) is 0 Å². The van der Waals surface area contributed by atoms with Gasteiger partial charge in [-0.1, -0.05) is 13.8 Å². The Kier molecular flexibility index (Phi) is 11.5. The molecule has 13 heteroatoms. The van der Waals surface area contributed by atoms with Crippen molar-refractivity contribution in [1.82, 2.24) is 16.0 Å². The van der Waals surface area contributed by atoms with E-state index in [1.807, 2.05) is 5.32 Å². The van der Waals surface area contributed by atoms with Gasteiger partial charge in [0, 0.05) is 6.42 Å². The molecule has 0 aromatic carbocycles. The molecule has 0 aliphatic carbocycles. The molecule has 0 aliphatic heterocycles. The number of rotatable bonds is 13. The molecular formula is C17H30N4O9. The highest BCUT2D eigenvalue weighted by atomic mass is 16.4. The summed E-state index contributed by atoms with van der Waals surface area (Å²) in [4.78, 5) is 58.5. The molecule has 0 aromatic rings. The molecule has 0 saturated carbocycles. The molecule has 0 aliphatic rings. The molecule has 0 heterocycles. The lowest BCUT2D eigenvalue weighted by molar-refractivity contribution is -0.144. The van der Waals surface area contributed by atoms with Crippen LogP contribution in [-0.4, -0.2) is 87.0 Å². The van der Waals surface area contributed by atoms with Crippen molar-refractivity contribution < 1.29 is 44.4 Å². The molecule has 30 heavy (non-hydrogen) atoms. The van der Waals surface area contributed by atoms with E-state index in [1.54, 1.807) is 13.8 Å². The zero-order valence-electron chi connectivity index (χ0n) is 17.0. The van der Waals surface area contributed by atoms with Gasteiger partial charge in [-0.25, -0.2) is 4.79 Å². The van der Waals surface area contributed by atoms with Gasteiger partial charge in [0.05, 0.1) is 18.8 Å². The van der Waals surface area contributed by atoms with Crippen LogP contribution >= 0.6 is 0 Å². The Hall–Kier alpha value is -2.77. The Balaban J connectivity index is 5.20. The first-order valence-electron chi connectivity index (χ1n) is 9.22. The van der Waals surface area contributed by atoms with E-state index in [1.165, 1.54) is 0 Å². The summed E-state index contributed by atoms with van der Waals surface area (Å²) in [5.41, 5.74) is 5.67. The summed E-state index contributed by atoms with van der Waals surface area (Å²) in [5.74, 6) is -5.82. The predicted octanol–water partition coefficient (Wildman–Crippen LogP) is -3.25. The molecule has 0 spiro atoms. The van der Waals surface area contributed by atoms with Crippen LogP contribution in [0.15, 0.2) is 0 Å². The van der Waals surface area contributed by atoms with E-state index in [4.69, 9.17) is 15.9 Å². The minimum Gasteiger partial charge on any atom is -0.481 e. The number of aliphatic hydroxyl groups is 2. The molecule has 0 rings (SSSR count). The van der Waals surface area contributed by atoms with Crippen LogP contribution in [0.5, 0.6) is 0 Å². The zero-order valence-corrected chi connectivity index (χ0v) is 17.0. The largest absolute Gasteiger partial charge is 0.481 e. The van der Waals surface area contributed by atoms with Gasteiger partial charge in [0.25, 0.3) is 0 Å². The average molecular weight is 434 g/mol. The number of hydrogen-bond acceptors (Lipinski definition) is 8. The fourth-order valence-corrected chi connectivity index (χ4v) is 2.21. The van der Waals surface area contributed by atoms with E-state index >= 15 is 0 Å². The zero-order chi connectivity index (χ0) is 23.6. The van der Waals surface area contributed by atoms with E-state index < -0.39 is 79.4 Å². The van der Waals surface area contributed by atoms with Crippen LogP contribution in [-0.2, 0) is 24.0 Å². The van der Waals surface area contributed by atoms with Crippen LogP contribution in [0.4, 0.5) is 0 Å². The average Bonchev–Trinajstić information content (AvgIpc) is 2.65. The highest BCUT2D eigenvalue weighted by Gasteiger charge is 2.32. The van der Waals surface area contributed by atoms with Crippen molar-refractivity contribution in [2.24, 2.45) is 11.7 Å². The van der Waals surface area contributed by atoms with Gasteiger partial charge in [-0.3, -0.25) is 19.2 Å². The first-order chi connectivity index (χ1) is 13.8. The molecule has 0 fully saturated rings. The van der Waals surface area contributed by atoms with Gasteiger partial charge in [-0.05, 0) is 19.3 Å². The molecule has 0 saturated heterocycles. The number of amides is 3. The van der Waals surface area contributed by atoms with Crippen LogP contribution in [0.3, 0.4) is 0 Å². The van der Waals surface area contributed by atoms with Gasteiger partial charge in [0.15, 0.2) is 0 Å². The first kappa shape index (κ1) is 27.2. The lowest BCUT2D eigenvalue weighted by Crippen LogP contribution is -2.60. The molecule has 5 unspecified atom stereocenters.